The van der Waals surface area contributed by atoms with Gasteiger partial charge >= 0.3 is 0 Å². The molecule has 1 heterocycles. The molecule has 2 unspecified atom stereocenters. The van der Waals surface area contributed by atoms with Crippen LogP contribution >= 0.6 is 0 Å². The summed E-state index contributed by atoms with van der Waals surface area (Å²) in [5.74, 6) is 1.47. The Bertz CT molecular complexity index is 281. The first-order valence-corrected chi connectivity index (χ1v) is 5.91. The Hall–Kier alpha value is -0.860. The molecule has 1 saturated carbocycles. The van der Waals surface area contributed by atoms with Gasteiger partial charge in [-0.3, -0.25) is 14.9 Å². The molecule has 0 aromatic carbocycles. The van der Waals surface area contributed by atoms with E-state index >= 15 is 0 Å². The fourth-order valence-corrected chi connectivity index (χ4v) is 2.64. The van der Waals surface area contributed by atoms with Crippen molar-refractivity contribution in [3.8, 4) is 0 Å². The van der Waals surface area contributed by atoms with Gasteiger partial charge in [0.1, 0.15) is 0 Å². The summed E-state index contributed by atoms with van der Waals surface area (Å²) in [5, 5.41) is 2.47. The molecule has 0 spiro atoms. The van der Waals surface area contributed by atoms with E-state index < -0.39 is 0 Å². The molecule has 84 valence electrons. The zero-order valence-electron chi connectivity index (χ0n) is 9.45. The summed E-state index contributed by atoms with van der Waals surface area (Å²) in [5.41, 5.74) is 0. The van der Waals surface area contributed by atoms with Crippen LogP contribution in [0, 0.1) is 23.7 Å². The predicted molar refractivity (Wildman–Crippen MR) is 56.9 cm³/mol. The van der Waals surface area contributed by atoms with E-state index in [9.17, 15) is 9.59 Å². The van der Waals surface area contributed by atoms with E-state index in [-0.39, 0.29) is 17.7 Å². The molecule has 1 saturated heterocycles. The molecule has 0 aromatic rings. The van der Waals surface area contributed by atoms with Crippen LogP contribution in [-0.4, -0.2) is 11.8 Å². The van der Waals surface area contributed by atoms with Crippen LogP contribution in [0.2, 0.25) is 0 Å². The third-order valence-corrected chi connectivity index (χ3v) is 3.49. The molecule has 2 amide bonds. The first kappa shape index (κ1) is 10.7. The van der Waals surface area contributed by atoms with Crippen LogP contribution in [-0.2, 0) is 9.59 Å². The van der Waals surface area contributed by atoms with E-state index in [0.717, 1.165) is 6.42 Å². The van der Waals surface area contributed by atoms with Crippen molar-refractivity contribution < 1.29 is 9.59 Å². The Labute approximate surface area is 90.6 Å². The molecule has 15 heavy (non-hydrogen) atoms. The minimum Gasteiger partial charge on any atom is -0.296 e. The van der Waals surface area contributed by atoms with Gasteiger partial charge in [-0.1, -0.05) is 13.8 Å². The number of imide groups is 1. The average Bonchev–Trinajstić information content (AvgIpc) is 2.91. The number of hydrogen-bond donors (Lipinski definition) is 1. The van der Waals surface area contributed by atoms with Gasteiger partial charge in [-0.15, -0.1) is 0 Å². The normalized spacial score (nSPS) is 31.9. The van der Waals surface area contributed by atoms with E-state index in [1.54, 1.807) is 0 Å². The van der Waals surface area contributed by atoms with Crippen LogP contribution in [0.15, 0.2) is 0 Å². The predicted octanol–water partition coefficient (Wildman–Crippen LogP) is 1.72. The number of nitrogens with one attached hydrogen (secondary N) is 1. The zero-order chi connectivity index (χ0) is 11.0. The lowest BCUT2D eigenvalue weighted by Gasteiger charge is -2.31. The molecule has 0 radical (unpaired) electrons. The third-order valence-electron chi connectivity index (χ3n) is 3.49. The van der Waals surface area contributed by atoms with Crippen molar-refractivity contribution in [3.63, 3.8) is 0 Å². The van der Waals surface area contributed by atoms with Gasteiger partial charge < -0.3 is 0 Å². The number of carbonyl (C=O) groups is 2. The van der Waals surface area contributed by atoms with Gasteiger partial charge in [0.05, 0.1) is 0 Å². The summed E-state index contributed by atoms with van der Waals surface area (Å²) >= 11 is 0. The van der Waals surface area contributed by atoms with Crippen molar-refractivity contribution in [2.45, 2.75) is 39.5 Å². The van der Waals surface area contributed by atoms with Crippen LogP contribution in [0.5, 0.6) is 0 Å². The molecule has 3 heteroatoms. The third kappa shape index (κ3) is 2.39. The van der Waals surface area contributed by atoms with Gasteiger partial charge in [0.25, 0.3) is 0 Å². The Morgan fingerprint density at radius 1 is 1.33 bits per heavy atom. The highest BCUT2D eigenvalue weighted by atomic mass is 16.2. The molecule has 2 fully saturated rings. The first-order chi connectivity index (χ1) is 7.08. The highest BCUT2D eigenvalue weighted by Crippen LogP contribution is 2.45. The molecule has 2 atom stereocenters. The largest absolute Gasteiger partial charge is 0.296 e. The molecule has 0 aromatic heterocycles. The maximum absolute atomic E-state index is 11.8. The summed E-state index contributed by atoms with van der Waals surface area (Å²) in [7, 11) is 0. The summed E-state index contributed by atoms with van der Waals surface area (Å²) in [6.07, 6.45) is 3.90. The van der Waals surface area contributed by atoms with E-state index in [2.05, 4.69) is 19.2 Å². The lowest BCUT2D eigenvalue weighted by Crippen LogP contribution is -2.46. The lowest BCUT2D eigenvalue weighted by molar-refractivity contribution is -0.140. The van der Waals surface area contributed by atoms with E-state index in [1.807, 2.05) is 0 Å². The van der Waals surface area contributed by atoms with Gasteiger partial charge in [-0.25, -0.2) is 0 Å². The molecule has 3 nitrogen and oxygen atoms in total. The number of rotatable bonds is 3. The van der Waals surface area contributed by atoms with Crippen LogP contribution in [0.25, 0.3) is 0 Å². The smallest absolute Gasteiger partial charge is 0.229 e. The summed E-state index contributed by atoms with van der Waals surface area (Å²) in [6.45, 7) is 4.27. The summed E-state index contributed by atoms with van der Waals surface area (Å²) in [6, 6.07) is 0. The number of hydrogen-bond acceptors (Lipinski definition) is 2. The quantitative estimate of drug-likeness (QED) is 0.719. The van der Waals surface area contributed by atoms with Crippen LogP contribution in [0.1, 0.15) is 39.5 Å². The molecular formula is C12H19NO2. The summed E-state index contributed by atoms with van der Waals surface area (Å²) in [4.78, 5) is 23.1. The Kier molecular flexibility index (Phi) is 2.81. The number of amides is 2. The molecule has 1 aliphatic carbocycles. The molecule has 0 bridgehead atoms. The minimum absolute atomic E-state index is 0.0307. The van der Waals surface area contributed by atoms with Gasteiger partial charge in [0.2, 0.25) is 11.8 Å². The van der Waals surface area contributed by atoms with Gasteiger partial charge in [0.15, 0.2) is 0 Å². The zero-order valence-corrected chi connectivity index (χ0v) is 9.45. The Morgan fingerprint density at radius 2 is 2.00 bits per heavy atom. The first-order valence-electron chi connectivity index (χ1n) is 5.91. The van der Waals surface area contributed by atoms with Gasteiger partial charge in [0, 0.05) is 12.3 Å². The standard InChI is InChI=1S/C12H19NO2/c1-7(2)5-10-9(8-3-4-8)6-11(14)13-12(10)15/h7-10H,3-6H2,1-2H3,(H,13,14,15). The number of carbonyl (C=O) groups excluding carboxylic acids is 2. The minimum atomic E-state index is -0.0723. The van der Waals surface area contributed by atoms with E-state index in [0.29, 0.717) is 24.2 Å². The average molecular weight is 209 g/mol. The monoisotopic (exact) mass is 209 g/mol. The van der Waals surface area contributed by atoms with Crippen molar-refractivity contribution >= 4 is 11.8 Å². The molecule has 2 aliphatic rings. The van der Waals surface area contributed by atoms with E-state index in [1.165, 1.54) is 12.8 Å². The fourth-order valence-electron chi connectivity index (χ4n) is 2.64. The highest BCUT2D eigenvalue weighted by molar-refractivity contribution is 5.99. The Balaban J connectivity index is 2.08. The fraction of sp³-hybridized carbons (Fsp3) is 0.833. The molecule has 1 aliphatic heterocycles. The molecule has 1 N–H and O–H groups in total. The van der Waals surface area contributed by atoms with E-state index in [4.69, 9.17) is 0 Å². The van der Waals surface area contributed by atoms with Gasteiger partial charge in [-0.2, -0.15) is 0 Å². The maximum atomic E-state index is 11.8. The second-order valence-corrected chi connectivity index (χ2v) is 5.35. The topological polar surface area (TPSA) is 46.2 Å². The van der Waals surface area contributed by atoms with Crippen molar-refractivity contribution in [2.24, 2.45) is 23.7 Å². The van der Waals surface area contributed by atoms with Crippen LogP contribution in [0.3, 0.4) is 0 Å². The van der Waals surface area contributed by atoms with Gasteiger partial charge in [-0.05, 0) is 37.0 Å². The second-order valence-electron chi connectivity index (χ2n) is 5.35. The second kappa shape index (κ2) is 3.95. The Morgan fingerprint density at radius 3 is 2.53 bits per heavy atom. The maximum Gasteiger partial charge on any atom is 0.229 e. The molecular weight excluding hydrogens is 190 g/mol. The number of piperidine rings is 1. The van der Waals surface area contributed by atoms with Crippen molar-refractivity contribution in [2.75, 3.05) is 0 Å². The van der Waals surface area contributed by atoms with Crippen LogP contribution < -0.4 is 5.32 Å². The molecule has 2 rings (SSSR count). The lowest BCUT2D eigenvalue weighted by atomic mass is 9.77. The SMILES string of the molecule is CC(C)CC1C(=O)NC(=O)CC1C1CC1. The van der Waals surface area contributed by atoms with Crippen molar-refractivity contribution in [1.82, 2.24) is 5.32 Å². The van der Waals surface area contributed by atoms with Crippen LogP contribution in [0.4, 0.5) is 0 Å². The summed E-state index contributed by atoms with van der Waals surface area (Å²) < 4.78 is 0. The van der Waals surface area contributed by atoms with Crippen molar-refractivity contribution in [1.29, 1.82) is 0 Å². The van der Waals surface area contributed by atoms with Crippen molar-refractivity contribution in [3.05, 3.63) is 0 Å². The highest BCUT2D eigenvalue weighted by Gasteiger charge is 2.44.